The molecule has 0 radical (unpaired) electrons. The first kappa shape index (κ1) is 22.3. The minimum Gasteiger partial charge on any atom is -0.455 e. The molecule has 0 N–H and O–H groups in total. The predicted molar refractivity (Wildman–Crippen MR) is 113 cm³/mol. The van der Waals surface area contributed by atoms with Crippen molar-refractivity contribution in [3.8, 4) is 0 Å². The molecule has 0 saturated carbocycles. The molecule has 5 rings (SSSR count). The highest BCUT2D eigenvalue weighted by Crippen LogP contribution is 2.42. The van der Waals surface area contributed by atoms with E-state index in [1.807, 2.05) is 58.0 Å². The van der Waals surface area contributed by atoms with Crippen LogP contribution in [0.15, 0.2) is 30.3 Å². The van der Waals surface area contributed by atoms with Crippen LogP contribution in [0.25, 0.3) is 0 Å². The van der Waals surface area contributed by atoms with E-state index in [2.05, 4.69) is 4.90 Å². The molecule has 4 heterocycles. The van der Waals surface area contributed by atoms with Gasteiger partial charge in [0.05, 0.1) is 6.61 Å². The Balaban J connectivity index is 1.40. The summed E-state index contributed by atoms with van der Waals surface area (Å²) in [7, 11) is 0. The van der Waals surface area contributed by atoms with Crippen LogP contribution < -0.4 is 0 Å². The van der Waals surface area contributed by atoms with E-state index in [0.29, 0.717) is 6.61 Å². The molecule has 4 aliphatic heterocycles. The van der Waals surface area contributed by atoms with E-state index in [1.54, 1.807) is 0 Å². The van der Waals surface area contributed by atoms with E-state index in [0.717, 1.165) is 31.5 Å². The molecule has 4 fully saturated rings. The number of carbonyl (C=O) groups is 1. The van der Waals surface area contributed by atoms with Gasteiger partial charge in [0.2, 0.25) is 0 Å². The van der Waals surface area contributed by atoms with Crippen LogP contribution in [0.3, 0.4) is 0 Å². The van der Waals surface area contributed by atoms with Gasteiger partial charge in [-0.3, -0.25) is 4.90 Å². The quantitative estimate of drug-likeness (QED) is 0.638. The molecule has 4 saturated heterocycles. The summed E-state index contributed by atoms with van der Waals surface area (Å²) in [4.78, 5) is 15.8. The first-order valence-corrected chi connectivity index (χ1v) is 11.5. The van der Waals surface area contributed by atoms with Gasteiger partial charge in [0.25, 0.3) is 0 Å². The molecule has 0 amide bonds. The third-order valence-corrected chi connectivity index (χ3v) is 6.52. The number of hydrogen-bond acceptors (Lipinski definition) is 8. The second kappa shape index (κ2) is 8.34. The Bertz CT molecular complexity index is 823. The van der Waals surface area contributed by atoms with E-state index in [9.17, 15) is 4.79 Å². The lowest BCUT2D eigenvalue weighted by Gasteiger charge is -2.31. The molecular weight excluding hydrogens is 414 g/mol. The van der Waals surface area contributed by atoms with Gasteiger partial charge in [0.15, 0.2) is 30.1 Å². The average Bonchev–Trinajstić information content (AvgIpc) is 3.49. The summed E-state index contributed by atoms with van der Waals surface area (Å²) in [5.41, 5.74) is 0.928. The lowest BCUT2D eigenvalue weighted by atomic mass is 10.0. The summed E-state index contributed by atoms with van der Waals surface area (Å²) in [6.45, 7) is 9.47. The second-order valence-electron chi connectivity index (χ2n) is 9.89. The first-order chi connectivity index (χ1) is 15.2. The molecule has 4 aliphatic rings. The van der Waals surface area contributed by atoms with Crippen LogP contribution in [0.5, 0.6) is 0 Å². The summed E-state index contributed by atoms with van der Waals surface area (Å²) >= 11 is 0. The Kier molecular flexibility index (Phi) is 5.80. The van der Waals surface area contributed by atoms with Crippen molar-refractivity contribution >= 4 is 5.97 Å². The van der Waals surface area contributed by atoms with Gasteiger partial charge in [-0.15, -0.1) is 0 Å². The monoisotopic (exact) mass is 447 g/mol. The largest absolute Gasteiger partial charge is 0.455 e. The normalized spacial score (nSPS) is 36.8. The molecule has 0 bridgehead atoms. The maximum absolute atomic E-state index is 13.6. The van der Waals surface area contributed by atoms with Gasteiger partial charge in [-0.2, -0.15) is 0 Å². The topological polar surface area (TPSA) is 75.7 Å². The fraction of sp³-hybridized carbons (Fsp3) is 0.708. The number of esters is 1. The van der Waals surface area contributed by atoms with Crippen LogP contribution in [0.4, 0.5) is 0 Å². The van der Waals surface area contributed by atoms with Gasteiger partial charge in [-0.25, -0.2) is 4.79 Å². The van der Waals surface area contributed by atoms with Gasteiger partial charge in [-0.1, -0.05) is 30.3 Å². The molecule has 0 aliphatic carbocycles. The van der Waals surface area contributed by atoms with Crippen LogP contribution in [-0.4, -0.2) is 72.8 Å². The number of fused-ring (bicyclic) bond motifs is 1. The molecule has 8 nitrogen and oxygen atoms in total. The van der Waals surface area contributed by atoms with Crippen molar-refractivity contribution in [1.29, 1.82) is 0 Å². The van der Waals surface area contributed by atoms with Crippen molar-refractivity contribution in [3.05, 3.63) is 35.9 Å². The molecule has 0 spiro atoms. The summed E-state index contributed by atoms with van der Waals surface area (Å²) < 4.78 is 36.2. The average molecular weight is 448 g/mol. The summed E-state index contributed by atoms with van der Waals surface area (Å²) in [5.74, 6) is -1.84. The molecule has 32 heavy (non-hydrogen) atoms. The lowest BCUT2D eigenvalue weighted by Crippen LogP contribution is -2.46. The Labute approximate surface area is 189 Å². The molecule has 1 aromatic carbocycles. The van der Waals surface area contributed by atoms with Gasteiger partial charge < -0.3 is 28.4 Å². The number of likely N-dealkylation sites (tertiary alicyclic amines) is 1. The number of hydrogen-bond donors (Lipinski definition) is 0. The van der Waals surface area contributed by atoms with Crippen LogP contribution in [-0.2, 0) is 33.2 Å². The Morgan fingerprint density at radius 1 is 1.00 bits per heavy atom. The smallest absolute Gasteiger partial charge is 0.328 e. The highest BCUT2D eigenvalue weighted by molar-refractivity contribution is 5.78. The third kappa shape index (κ3) is 4.32. The predicted octanol–water partition coefficient (Wildman–Crippen LogP) is 2.76. The molecular formula is C24H33NO7. The fourth-order valence-corrected chi connectivity index (χ4v) is 5.14. The van der Waals surface area contributed by atoms with Crippen LogP contribution in [0, 0.1) is 0 Å². The number of rotatable bonds is 5. The van der Waals surface area contributed by atoms with Crippen molar-refractivity contribution in [2.45, 2.75) is 88.9 Å². The van der Waals surface area contributed by atoms with Crippen LogP contribution in [0.2, 0.25) is 0 Å². The van der Waals surface area contributed by atoms with Crippen molar-refractivity contribution < 1.29 is 33.2 Å². The highest BCUT2D eigenvalue weighted by atomic mass is 16.8. The zero-order chi connectivity index (χ0) is 22.5. The standard InChI is InChI=1S/C24H33NO7/c1-23(2)27-14-16(30-23)18-19(20-22(29-18)32-24(3,4)31-20)28-21(26)17(25-12-8-9-13-25)15-10-6-5-7-11-15/h5-7,10-11,16-20,22H,8-9,12-14H2,1-4H3/t16-,17+,18-,19+,20-,22-/m1/s1. The van der Waals surface area contributed by atoms with Crippen molar-refractivity contribution in [2.75, 3.05) is 19.7 Å². The van der Waals surface area contributed by atoms with Gasteiger partial charge in [-0.05, 0) is 59.2 Å². The SMILES string of the molecule is CC1(C)O[C@H]2O[C@H]([C@H]3COC(C)(C)O3)[C@H](OC(=O)[C@H](c3ccccc3)N3CCCC3)[C@H]2O1. The number of ether oxygens (including phenoxy) is 6. The van der Waals surface area contributed by atoms with E-state index >= 15 is 0 Å². The molecule has 0 unspecified atom stereocenters. The second-order valence-corrected chi connectivity index (χ2v) is 9.89. The molecule has 8 heteroatoms. The Morgan fingerprint density at radius 2 is 1.72 bits per heavy atom. The van der Waals surface area contributed by atoms with Crippen molar-refractivity contribution in [2.24, 2.45) is 0 Å². The molecule has 6 atom stereocenters. The van der Waals surface area contributed by atoms with Crippen molar-refractivity contribution in [1.82, 2.24) is 4.90 Å². The van der Waals surface area contributed by atoms with E-state index in [1.165, 1.54) is 0 Å². The fourth-order valence-electron chi connectivity index (χ4n) is 5.14. The molecule has 1 aromatic rings. The summed E-state index contributed by atoms with van der Waals surface area (Å²) in [6.07, 6.45) is -0.588. The Hall–Kier alpha value is -1.55. The maximum Gasteiger partial charge on any atom is 0.328 e. The summed E-state index contributed by atoms with van der Waals surface area (Å²) in [5, 5.41) is 0. The minimum atomic E-state index is -0.814. The number of nitrogens with zero attached hydrogens (tertiary/aromatic N) is 1. The van der Waals surface area contributed by atoms with E-state index in [-0.39, 0.29) is 12.1 Å². The highest BCUT2D eigenvalue weighted by Gasteiger charge is 2.60. The van der Waals surface area contributed by atoms with E-state index < -0.39 is 42.2 Å². The van der Waals surface area contributed by atoms with Gasteiger partial charge >= 0.3 is 5.97 Å². The summed E-state index contributed by atoms with van der Waals surface area (Å²) in [6, 6.07) is 9.34. The zero-order valence-corrected chi connectivity index (χ0v) is 19.2. The maximum atomic E-state index is 13.6. The van der Waals surface area contributed by atoms with Gasteiger partial charge in [0.1, 0.15) is 18.2 Å². The minimum absolute atomic E-state index is 0.302. The van der Waals surface area contributed by atoms with E-state index in [4.69, 9.17) is 28.4 Å². The van der Waals surface area contributed by atoms with Crippen LogP contribution in [0.1, 0.15) is 52.1 Å². The first-order valence-electron chi connectivity index (χ1n) is 11.5. The van der Waals surface area contributed by atoms with Gasteiger partial charge in [0, 0.05) is 0 Å². The number of benzene rings is 1. The Morgan fingerprint density at radius 3 is 2.38 bits per heavy atom. The lowest BCUT2D eigenvalue weighted by molar-refractivity contribution is -0.236. The number of carbonyl (C=O) groups excluding carboxylic acids is 1. The molecule has 0 aromatic heterocycles. The zero-order valence-electron chi connectivity index (χ0n) is 19.2. The van der Waals surface area contributed by atoms with Crippen LogP contribution >= 0.6 is 0 Å². The molecule has 176 valence electrons. The third-order valence-electron chi connectivity index (χ3n) is 6.52. The van der Waals surface area contributed by atoms with Crippen molar-refractivity contribution in [3.63, 3.8) is 0 Å².